The average molecular weight is 333 g/mol. The second kappa shape index (κ2) is 6.49. The van der Waals surface area contributed by atoms with Gasteiger partial charge in [0, 0.05) is 11.8 Å². The second-order valence-corrected chi connectivity index (χ2v) is 5.84. The van der Waals surface area contributed by atoms with E-state index in [1.807, 2.05) is 13.8 Å². The van der Waals surface area contributed by atoms with Gasteiger partial charge in [0.25, 0.3) is 0 Å². The third-order valence-corrected chi connectivity index (χ3v) is 3.55. The number of nitrogens with one attached hydrogen (secondary N) is 1. The summed E-state index contributed by atoms with van der Waals surface area (Å²) >= 11 is 1.14. The highest BCUT2D eigenvalue weighted by atomic mass is 32.1. The predicted molar refractivity (Wildman–Crippen MR) is 76.1 cm³/mol. The van der Waals surface area contributed by atoms with Gasteiger partial charge in [-0.05, 0) is 18.1 Å². The van der Waals surface area contributed by atoms with Crippen LogP contribution in [0.5, 0.6) is 5.75 Å². The van der Waals surface area contributed by atoms with Crippen molar-refractivity contribution in [1.29, 1.82) is 0 Å². The van der Waals surface area contributed by atoms with Crippen LogP contribution in [-0.4, -0.2) is 21.7 Å². The molecule has 1 aromatic carbocycles. The minimum atomic E-state index is -4.74. The van der Waals surface area contributed by atoms with Gasteiger partial charge < -0.3 is 15.2 Å². The van der Waals surface area contributed by atoms with Crippen molar-refractivity contribution in [2.75, 3.05) is 5.32 Å². The van der Waals surface area contributed by atoms with Crippen LogP contribution >= 0.6 is 11.3 Å². The molecule has 0 fully saturated rings. The lowest BCUT2D eigenvalue weighted by Gasteiger charge is -2.10. The molecule has 1 heterocycles. The number of hydrogen-bond acceptors (Lipinski definition) is 6. The smallest absolute Gasteiger partial charge is 0.406 e. The summed E-state index contributed by atoms with van der Waals surface area (Å²) in [7, 11) is 0. The lowest BCUT2D eigenvalue weighted by molar-refractivity contribution is -0.274. The van der Waals surface area contributed by atoms with Crippen LogP contribution < -0.4 is 10.1 Å². The molecule has 1 atom stereocenters. The van der Waals surface area contributed by atoms with Crippen LogP contribution in [0.2, 0.25) is 0 Å². The van der Waals surface area contributed by atoms with E-state index in [0.717, 1.165) is 11.3 Å². The average Bonchev–Trinajstić information content (AvgIpc) is 2.84. The maximum Gasteiger partial charge on any atom is 0.573 e. The van der Waals surface area contributed by atoms with Crippen LogP contribution in [0.3, 0.4) is 0 Å². The number of aliphatic hydroxyl groups is 1. The molecule has 2 N–H and O–H groups in total. The van der Waals surface area contributed by atoms with Gasteiger partial charge in [-0.3, -0.25) is 0 Å². The van der Waals surface area contributed by atoms with Gasteiger partial charge in [0.2, 0.25) is 5.13 Å². The fourth-order valence-corrected chi connectivity index (χ4v) is 2.51. The SMILES string of the molecule is CC(C)C(O)c1nnc(Nc2cccc(OC(F)(F)F)c2)s1. The van der Waals surface area contributed by atoms with E-state index >= 15 is 0 Å². The van der Waals surface area contributed by atoms with Crippen molar-refractivity contribution >= 4 is 22.2 Å². The molecule has 0 spiro atoms. The Hall–Kier alpha value is -1.87. The summed E-state index contributed by atoms with van der Waals surface area (Å²) in [4.78, 5) is 0. The minimum absolute atomic E-state index is 0.00989. The summed E-state index contributed by atoms with van der Waals surface area (Å²) in [6.45, 7) is 3.69. The highest BCUT2D eigenvalue weighted by Crippen LogP contribution is 2.30. The van der Waals surface area contributed by atoms with E-state index in [0.29, 0.717) is 15.8 Å². The van der Waals surface area contributed by atoms with E-state index in [1.54, 1.807) is 6.07 Å². The number of halogens is 3. The monoisotopic (exact) mass is 333 g/mol. The van der Waals surface area contributed by atoms with Gasteiger partial charge in [0.05, 0.1) is 0 Å². The summed E-state index contributed by atoms with van der Waals surface area (Å²) < 4.78 is 40.4. The zero-order valence-corrected chi connectivity index (χ0v) is 12.6. The molecule has 22 heavy (non-hydrogen) atoms. The third kappa shape index (κ3) is 4.57. The van der Waals surface area contributed by atoms with Crippen LogP contribution in [0, 0.1) is 5.92 Å². The highest BCUT2D eigenvalue weighted by Gasteiger charge is 2.31. The molecular weight excluding hydrogens is 319 g/mol. The van der Waals surface area contributed by atoms with E-state index in [1.165, 1.54) is 18.2 Å². The van der Waals surface area contributed by atoms with Gasteiger partial charge >= 0.3 is 6.36 Å². The number of aliphatic hydroxyl groups excluding tert-OH is 1. The van der Waals surface area contributed by atoms with Crippen molar-refractivity contribution in [1.82, 2.24) is 10.2 Å². The molecule has 0 amide bonds. The number of alkyl halides is 3. The minimum Gasteiger partial charge on any atom is -0.406 e. The van der Waals surface area contributed by atoms with Crippen molar-refractivity contribution in [3.05, 3.63) is 29.3 Å². The van der Waals surface area contributed by atoms with Crippen molar-refractivity contribution in [3.63, 3.8) is 0 Å². The van der Waals surface area contributed by atoms with E-state index in [4.69, 9.17) is 0 Å². The predicted octanol–water partition coefficient (Wildman–Crippen LogP) is 3.87. The Morgan fingerprint density at radius 2 is 2.00 bits per heavy atom. The van der Waals surface area contributed by atoms with Crippen LogP contribution in [-0.2, 0) is 0 Å². The number of aromatic nitrogens is 2. The van der Waals surface area contributed by atoms with Crippen LogP contribution in [0.25, 0.3) is 0 Å². The molecule has 2 rings (SSSR count). The first-order valence-corrected chi connectivity index (χ1v) is 7.20. The Morgan fingerprint density at radius 3 is 2.64 bits per heavy atom. The topological polar surface area (TPSA) is 67.3 Å². The zero-order valence-electron chi connectivity index (χ0n) is 11.8. The van der Waals surface area contributed by atoms with Crippen molar-refractivity contribution < 1.29 is 23.0 Å². The van der Waals surface area contributed by atoms with Gasteiger partial charge in [-0.15, -0.1) is 23.4 Å². The summed E-state index contributed by atoms with van der Waals surface area (Å²) in [6.07, 6.45) is -5.47. The summed E-state index contributed by atoms with van der Waals surface area (Å²) in [5.74, 6) is -0.339. The molecule has 0 radical (unpaired) electrons. The Labute approximate surface area is 128 Å². The molecular formula is C13H14F3N3O2S. The number of nitrogens with zero attached hydrogens (tertiary/aromatic N) is 2. The molecule has 2 aromatic rings. The number of anilines is 2. The van der Waals surface area contributed by atoms with Gasteiger partial charge in [-0.1, -0.05) is 31.3 Å². The highest BCUT2D eigenvalue weighted by molar-refractivity contribution is 7.15. The van der Waals surface area contributed by atoms with Crippen LogP contribution in [0.4, 0.5) is 24.0 Å². The first kappa shape index (κ1) is 16.5. The quantitative estimate of drug-likeness (QED) is 0.869. The molecule has 0 aliphatic carbocycles. The first-order chi connectivity index (χ1) is 10.2. The normalized spacial score (nSPS) is 13.2. The van der Waals surface area contributed by atoms with E-state index < -0.39 is 12.5 Å². The van der Waals surface area contributed by atoms with E-state index in [-0.39, 0.29) is 11.7 Å². The molecule has 9 heteroatoms. The van der Waals surface area contributed by atoms with Gasteiger partial charge in [-0.2, -0.15) is 0 Å². The second-order valence-electron chi connectivity index (χ2n) is 4.83. The third-order valence-electron chi connectivity index (χ3n) is 2.64. The number of rotatable bonds is 5. The molecule has 120 valence electrons. The maximum absolute atomic E-state index is 12.2. The van der Waals surface area contributed by atoms with Crippen molar-refractivity contribution in [2.45, 2.75) is 26.3 Å². The van der Waals surface area contributed by atoms with Crippen LogP contribution in [0.1, 0.15) is 25.0 Å². The first-order valence-electron chi connectivity index (χ1n) is 6.39. The molecule has 1 unspecified atom stereocenters. The largest absolute Gasteiger partial charge is 0.573 e. The molecule has 0 saturated carbocycles. The lowest BCUT2D eigenvalue weighted by atomic mass is 10.1. The Bertz CT molecular complexity index is 631. The molecule has 0 aliphatic rings. The fraction of sp³-hybridized carbons (Fsp3) is 0.385. The standard InChI is InChI=1S/C13H14F3N3O2S/c1-7(2)10(20)11-18-19-12(22-11)17-8-4-3-5-9(6-8)21-13(14,15)16/h3-7,10,20H,1-2H3,(H,17,19). The molecule has 0 aliphatic heterocycles. The maximum atomic E-state index is 12.2. The van der Waals surface area contributed by atoms with Gasteiger partial charge in [0.15, 0.2) is 0 Å². The fourth-order valence-electron chi connectivity index (χ4n) is 1.58. The molecule has 1 aromatic heterocycles. The number of hydrogen-bond donors (Lipinski definition) is 2. The molecule has 0 saturated heterocycles. The van der Waals surface area contributed by atoms with Crippen molar-refractivity contribution in [2.24, 2.45) is 5.92 Å². The summed E-state index contributed by atoms with van der Waals surface area (Å²) in [6, 6.07) is 5.40. The summed E-state index contributed by atoms with van der Waals surface area (Å²) in [5, 5.41) is 21.2. The Balaban J connectivity index is 2.09. The van der Waals surface area contributed by atoms with Crippen LogP contribution in [0.15, 0.2) is 24.3 Å². The number of benzene rings is 1. The van der Waals surface area contributed by atoms with E-state index in [9.17, 15) is 18.3 Å². The Kier molecular flexibility index (Phi) is 4.87. The van der Waals surface area contributed by atoms with Crippen molar-refractivity contribution in [3.8, 4) is 5.75 Å². The lowest BCUT2D eigenvalue weighted by Crippen LogP contribution is -2.17. The van der Waals surface area contributed by atoms with Gasteiger partial charge in [0.1, 0.15) is 16.9 Å². The molecule has 0 bridgehead atoms. The zero-order chi connectivity index (χ0) is 16.3. The van der Waals surface area contributed by atoms with E-state index in [2.05, 4.69) is 20.3 Å². The molecule has 5 nitrogen and oxygen atoms in total. The summed E-state index contributed by atoms with van der Waals surface area (Å²) in [5.41, 5.74) is 0.378. The number of ether oxygens (including phenoxy) is 1. The van der Waals surface area contributed by atoms with Gasteiger partial charge in [-0.25, -0.2) is 0 Å². The Morgan fingerprint density at radius 1 is 1.27 bits per heavy atom.